The number of fused-ring (bicyclic) bond motifs is 1. The second-order valence-corrected chi connectivity index (χ2v) is 7.52. The number of nitrogens with one attached hydrogen (secondary N) is 1. The van der Waals surface area contributed by atoms with Gasteiger partial charge in [-0.25, -0.2) is 0 Å². The Morgan fingerprint density at radius 3 is 2.65 bits per heavy atom. The van der Waals surface area contributed by atoms with E-state index in [0.717, 1.165) is 42.5 Å². The van der Waals surface area contributed by atoms with Crippen LogP contribution in [-0.4, -0.2) is 37.0 Å². The van der Waals surface area contributed by atoms with Gasteiger partial charge in [0, 0.05) is 11.6 Å². The van der Waals surface area contributed by atoms with E-state index in [9.17, 15) is 4.79 Å². The maximum absolute atomic E-state index is 11.5. The van der Waals surface area contributed by atoms with Gasteiger partial charge in [-0.1, -0.05) is 29.8 Å². The summed E-state index contributed by atoms with van der Waals surface area (Å²) in [5.41, 5.74) is 3.43. The Hall–Kier alpha value is -2.04. The molecule has 1 fully saturated rings. The molecule has 1 amide bonds. The third-order valence-electron chi connectivity index (χ3n) is 5.32. The molecular weight excluding hydrogens is 348 g/mol. The molecule has 0 aliphatic carbocycles. The molecular formula is C21H23ClN2O2. The first-order valence-electron chi connectivity index (χ1n) is 9.21. The minimum absolute atomic E-state index is 0.0843. The molecule has 0 spiro atoms. The highest BCUT2D eigenvalue weighted by molar-refractivity contribution is 6.30. The maximum Gasteiger partial charge on any atom is 0.262 e. The van der Waals surface area contributed by atoms with Gasteiger partial charge < -0.3 is 15.0 Å². The van der Waals surface area contributed by atoms with E-state index in [-0.39, 0.29) is 12.5 Å². The number of benzene rings is 2. The zero-order valence-electron chi connectivity index (χ0n) is 14.7. The van der Waals surface area contributed by atoms with Crippen molar-refractivity contribution in [2.45, 2.75) is 25.2 Å². The number of hydrogen-bond donors (Lipinski definition) is 1. The van der Waals surface area contributed by atoms with Crippen LogP contribution in [0.2, 0.25) is 5.02 Å². The minimum atomic E-state index is -0.0843. The molecule has 0 aromatic heterocycles. The molecule has 0 saturated carbocycles. The summed E-state index contributed by atoms with van der Waals surface area (Å²) in [5, 5.41) is 3.68. The Bertz CT molecular complexity index is 783. The summed E-state index contributed by atoms with van der Waals surface area (Å²) in [4.78, 5) is 14.0. The lowest BCUT2D eigenvalue weighted by Gasteiger charge is -2.32. The average Bonchev–Trinajstić information content (AvgIpc) is 2.67. The van der Waals surface area contributed by atoms with Crippen molar-refractivity contribution in [1.29, 1.82) is 0 Å². The number of amides is 1. The molecule has 2 aromatic rings. The van der Waals surface area contributed by atoms with Crippen molar-refractivity contribution in [3.05, 3.63) is 58.6 Å². The van der Waals surface area contributed by atoms with Crippen LogP contribution in [0.1, 0.15) is 29.9 Å². The van der Waals surface area contributed by atoms with Gasteiger partial charge in [0.1, 0.15) is 5.75 Å². The van der Waals surface area contributed by atoms with Crippen LogP contribution >= 0.6 is 11.6 Å². The van der Waals surface area contributed by atoms with Crippen LogP contribution in [0.25, 0.3) is 0 Å². The van der Waals surface area contributed by atoms with Crippen molar-refractivity contribution in [3.63, 3.8) is 0 Å². The van der Waals surface area contributed by atoms with Crippen LogP contribution < -0.4 is 10.1 Å². The highest BCUT2D eigenvalue weighted by atomic mass is 35.5. The monoisotopic (exact) mass is 370 g/mol. The molecule has 2 aromatic carbocycles. The van der Waals surface area contributed by atoms with Gasteiger partial charge in [0.05, 0.1) is 5.69 Å². The predicted molar refractivity (Wildman–Crippen MR) is 104 cm³/mol. The molecule has 5 heteroatoms. The second-order valence-electron chi connectivity index (χ2n) is 7.08. The van der Waals surface area contributed by atoms with Crippen molar-refractivity contribution in [1.82, 2.24) is 4.90 Å². The highest BCUT2D eigenvalue weighted by Crippen LogP contribution is 2.30. The largest absolute Gasteiger partial charge is 0.482 e. The van der Waals surface area contributed by atoms with Crippen molar-refractivity contribution < 1.29 is 9.53 Å². The van der Waals surface area contributed by atoms with Crippen molar-refractivity contribution in [2.75, 3.05) is 31.6 Å². The summed E-state index contributed by atoms with van der Waals surface area (Å²) in [7, 11) is 0. The van der Waals surface area contributed by atoms with Crippen LogP contribution in [0.15, 0.2) is 42.5 Å². The standard InChI is InChI=1S/C21H23ClN2O2/c22-18-4-2-16(3-5-18)17-8-11-24(12-9-17)10-7-15-1-6-20-19(13-15)23-21(25)14-26-20/h1-6,13,17H,7-12,14H2,(H,23,25). The molecule has 0 unspecified atom stereocenters. The number of likely N-dealkylation sites (tertiary alicyclic amines) is 1. The first-order valence-corrected chi connectivity index (χ1v) is 9.58. The van der Waals surface area contributed by atoms with Crippen molar-refractivity contribution >= 4 is 23.2 Å². The van der Waals surface area contributed by atoms with Crippen LogP contribution in [-0.2, 0) is 11.2 Å². The van der Waals surface area contributed by atoms with Gasteiger partial charge in [-0.15, -0.1) is 0 Å². The smallest absolute Gasteiger partial charge is 0.262 e. The molecule has 4 rings (SSSR count). The lowest BCUT2D eigenvalue weighted by atomic mass is 9.89. The number of hydrogen-bond acceptors (Lipinski definition) is 3. The fraction of sp³-hybridized carbons (Fsp3) is 0.381. The zero-order chi connectivity index (χ0) is 17.9. The summed E-state index contributed by atoms with van der Waals surface area (Å²) in [6.07, 6.45) is 3.36. The zero-order valence-corrected chi connectivity index (χ0v) is 15.5. The van der Waals surface area contributed by atoms with Crippen molar-refractivity contribution in [2.24, 2.45) is 0 Å². The SMILES string of the molecule is O=C1COc2ccc(CCN3CCC(c4ccc(Cl)cc4)CC3)cc2N1. The third-order valence-corrected chi connectivity index (χ3v) is 5.57. The second kappa shape index (κ2) is 7.68. The Morgan fingerprint density at radius 1 is 1.12 bits per heavy atom. The number of ether oxygens (including phenoxy) is 1. The van der Waals surface area contributed by atoms with Gasteiger partial charge in [-0.3, -0.25) is 4.79 Å². The van der Waals surface area contributed by atoms with Crippen LogP contribution in [0.5, 0.6) is 5.75 Å². The van der Waals surface area contributed by atoms with Crippen LogP contribution in [0.3, 0.4) is 0 Å². The predicted octanol–water partition coefficient (Wildman–Crippen LogP) is 4.09. The normalized spacial score (nSPS) is 18.1. The number of carbonyl (C=O) groups is 1. The molecule has 26 heavy (non-hydrogen) atoms. The van der Waals surface area contributed by atoms with E-state index < -0.39 is 0 Å². The summed E-state index contributed by atoms with van der Waals surface area (Å²) < 4.78 is 5.42. The highest BCUT2D eigenvalue weighted by Gasteiger charge is 2.21. The number of piperidine rings is 1. The van der Waals surface area contributed by atoms with Crippen LogP contribution in [0, 0.1) is 0 Å². The maximum atomic E-state index is 11.5. The number of rotatable bonds is 4. The van der Waals surface area contributed by atoms with Gasteiger partial charge in [-0.05, 0) is 73.7 Å². The van der Waals surface area contributed by atoms with E-state index in [0.29, 0.717) is 5.92 Å². The fourth-order valence-electron chi connectivity index (χ4n) is 3.80. The molecule has 0 radical (unpaired) electrons. The Kier molecular flexibility index (Phi) is 5.14. The van der Waals surface area contributed by atoms with E-state index in [1.165, 1.54) is 24.0 Å². The Morgan fingerprint density at radius 2 is 1.88 bits per heavy atom. The van der Waals surface area contributed by atoms with Gasteiger partial charge in [0.15, 0.2) is 6.61 Å². The van der Waals surface area contributed by atoms with Crippen molar-refractivity contribution in [3.8, 4) is 5.75 Å². The Labute approximate surface area is 159 Å². The first-order chi connectivity index (χ1) is 12.7. The molecule has 2 heterocycles. The first kappa shape index (κ1) is 17.4. The molecule has 0 bridgehead atoms. The number of nitrogens with zero attached hydrogens (tertiary/aromatic N) is 1. The van der Waals surface area contributed by atoms with Gasteiger partial charge >= 0.3 is 0 Å². The minimum Gasteiger partial charge on any atom is -0.482 e. The Balaban J connectivity index is 1.29. The molecule has 1 saturated heterocycles. The van der Waals surface area contributed by atoms with E-state index >= 15 is 0 Å². The number of carbonyl (C=O) groups excluding carboxylic acids is 1. The summed E-state index contributed by atoms with van der Waals surface area (Å²) >= 11 is 5.99. The van der Waals surface area contributed by atoms with E-state index in [1.54, 1.807) is 0 Å². The average molecular weight is 371 g/mol. The molecule has 4 nitrogen and oxygen atoms in total. The summed E-state index contributed by atoms with van der Waals surface area (Å²) in [6.45, 7) is 3.39. The molecule has 136 valence electrons. The van der Waals surface area contributed by atoms with Crippen LogP contribution in [0.4, 0.5) is 5.69 Å². The lowest BCUT2D eigenvalue weighted by Crippen LogP contribution is -2.34. The topological polar surface area (TPSA) is 41.6 Å². The number of anilines is 1. The van der Waals surface area contributed by atoms with Gasteiger partial charge in [0.25, 0.3) is 5.91 Å². The third kappa shape index (κ3) is 4.02. The molecule has 2 aliphatic heterocycles. The summed E-state index contributed by atoms with van der Waals surface area (Å²) in [6, 6.07) is 14.4. The fourth-order valence-corrected chi connectivity index (χ4v) is 3.92. The van der Waals surface area contributed by atoms with E-state index in [1.807, 2.05) is 24.3 Å². The quantitative estimate of drug-likeness (QED) is 0.881. The number of halogens is 1. The van der Waals surface area contributed by atoms with Gasteiger partial charge in [-0.2, -0.15) is 0 Å². The molecule has 0 atom stereocenters. The lowest BCUT2D eigenvalue weighted by molar-refractivity contribution is -0.118. The summed E-state index contributed by atoms with van der Waals surface area (Å²) in [5.74, 6) is 1.32. The molecule has 2 aliphatic rings. The van der Waals surface area contributed by atoms with Gasteiger partial charge in [0.2, 0.25) is 0 Å². The van der Waals surface area contributed by atoms with E-state index in [2.05, 4.69) is 28.4 Å². The van der Waals surface area contributed by atoms with E-state index in [4.69, 9.17) is 16.3 Å². The molecule has 1 N–H and O–H groups in total.